The van der Waals surface area contributed by atoms with Gasteiger partial charge in [0.15, 0.2) is 6.29 Å². The van der Waals surface area contributed by atoms with Crippen LogP contribution in [0, 0.1) is 5.82 Å². The van der Waals surface area contributed by atoms with Crippen LogP contribution in [0.15, 0.2) is 48.5 Å². The molecule has 0 unspecified atom stereocenters. The highest BCUT2D eigenvalue weighted by Gasteiger charge is 2.38. The third-order valence-electron chi connectivity index (χ3n) is 5.34. The summed E-state index contributed by atoms with van der Waals surface area (Å²) in [5.41, 5.74) is 1.99. The van der Waals surface area contributed by atoms with Gasteiger partial charge in [0.1, 0.15) is 17.7 Å². The largest absolute Gasteiger partial charge is 0.494 e. The van der Waals surface area contributed by atoms with Crippen molar-refractivity contribution in [2.45, 2.75) is 57.2 Å². The second-order valence-corrected chi connectivity index (χ2v) is 7.40. The first-order valence-corrected chi connectivity index (χ1v) is 10.1. The van der Waals surface area contributed by atoms with Gasteiger partial charge in [-0.3, -0.25) is 0 Å². The molecule has 4 nitrogen and oxygen atoms in total. The quantitative estimate of drug-likeness (QED) is 0.628. The van der Waals surface area contributed by atoms with Crippen LogP contribution in [-0.2, 0) is 14.2 Å². The van der Waals surface area contributed by atoms with Crippen LogP contribution in [0.2, 0.25) is 0 Å². The number of hydrogen-bond acceptors (Lipinski definition) is 4. The van der Waals surface area contributed by atoms with Crippen LogP contribution in [0.5, 0.6) is 5.75 Å². The molecule has 2 heterocycles. The molecule has 0 aliphatic carbocycles. The summed E-state index contributed by atoms with van der Waals surface area (Å²) >= 11 is 0. The topological polar surface area (TPSA) is 36.9 Å². The first-order valence-electron chi connectivity index (χ1n) is 10.1. The molecule has 0 N–H and O–H groups in total. The first kappa shape index (κ1) is 19.4. The molecule has 0 aromatic heterocycles. The van der Waals surface area contributed by atoms with Gasteiger partial charge in [-0.05, 0) is 49.1 Å². The van der Waals surface area contributed by atoms with Crippen molar-refractivity contribution in [2.24, 2.45) is 0 Å². The fourth-order valence-electron chi connectivity index (χ4n) is 3.70. The minimum absolute atomic E-state index is 0.0101. The molecule has 0 amide bonds. The lowest BCUT2D eigenvalue weighted by atomic mass is 9.96. The number of rotatable bonds is 6. The smallest absolute Gasteiger partial charge is 0.184 e. The molecule has 4 rings (SSSR count). The van der Waals surface area contributed by atoms with Crippen molar-refractivity contribution in [1.29, 1.82) is 0 Å². The van der Waals surface area contributed by atoms with Gasteiger partial charge >= 0.3 is 0 Å². The van der Waals surface area contributed by atoms with Gasteiger partial charge in [-0.15, -0.1) is 0 Å². The Kier molecular flexibility index (Phi) is 6.25. The Labute approximate surface area is 165 Å². The van der Waals surface area contributed by atoms with Crippen molar-refractivity contribution in [2.75, 3.05) is 13.2 Å². The molecule has 5 heteroatoms. The number of hydrogen-bond donors (Lipinski definition) is 0. The van der Waals surface area contributed by atoms with Gasteiger partial charge in [0, 0.05) is 5.56 Å². The van der Waals surface area contributed by atoms with Crippen LogP contribution in [0.4, 0.5) is 4.39 Å². The van der Waals surface area contributed by atoms with E-state index in [9.17, 15) is 4.39 Å². The monoisotopic (exact) mass is 386 g/mol. The highest BCUT2D eigenvalue weighted by Crippen LogP contribution is 2.38. The summed E-state index contributed by atoms with van der Waals surface area (Å²) in [7, 11) is 0. The maximum Gasteiger partial charge on any atom is 0.184 e. The third kappa shape index (κ3) is 4.54. The van der Waals surface area contributed by atoms with E-state index in [1.54, 1.807) is 12.1 Å². The number of halogens is 1. The van der Waals surface area contributed by atoms with Crippen molar-refractivity contribution < 1.29 is 23.3 Å². The highest BCUT2D eigenvalue weighted by molar-refractivity contribution is 5.28. The second-order valence-electron chi connectivity index (χ2n) is 7.40. The Morgan fingerprint density at radius 1 is 0.929 bits per heavy atom. The molecular formula is C23H27FO4. The lowest BCUT2D eigenvalue weighted by molar-refractivity contribution is -0.289. The summed E-state index contributed by atoms with van der Waals surface area (Å²) in [6.07, 6.45) is 3.41. The molecule has 0 saturated carbocycles. The molecule has 0 spiro atoms. The normalized spacial score (nSPS) is 27.2. The van der Waals surface area contributed by atoms with E-state index in [4.69, 9.17) is 18.9 Å². The summed E-state index contributed by atoms with van der Waals surface area (Å²) < 4.78 is 37.1. The summed E-state index contributed by atoms with van der Waals surface area (Å²) in [5, 5.41) is 0. The van der Waals surface area contributed by atoms with Crippen LogP contribution in [-0.4, -0.2) is 25.4 Å². The van der Waals surface area contributed by atoms with Crippen LogP contribution >= 0.6 is 0 Å². The Morgan fingerprint density at radius 3 is 2.43 bits per heavy atom. The maximum atomic E-state index is 13.1. The maximum absolute atomic E-state index is 13.1. The predicted octanol–water partition coefficient (Wildman–Crippen LogP) is 5.34. The average molecular weight is 386 g/mol. The number of benzene rings is 2. The molecule has 2 aromatic rings. The van der Waals surface area contributed by atoms with E-state index in [2.05, 4.69) is 6.92 Å². The van der Waals surface area contributed by atoms with E-state index in [0.717, 1.165) is 49.2 Å². The van der Waals surface area contributed by atoms with Crippen LogP contribution in [0.1, 0.15) is 56.1 Å². The third-order valence-corrected chi connectivity index (χ3v) is 5.34. The predicted molar refractivity (Wildman–Crippen MR) is 104 cm³/mol. The minimum Gasteiger partial charge on any atom is -0.494 e. The van der Waals surface area contributed by atoms with E-state index in [-0.39, 0.29) is 30.4 Å². The Bertz CT molecular complexity index is 746. The van der Waals surface area contributed by atoms with Gasteiger partial charge < -0.3 is 18.9 Å². The van der Waals surface area contributed by atoms with Crippen molar-refractivity contribution in [1.82, 2.24) is 0 Å². The van der Waals surface area contributed by atoms with Gasteiger partial charge in [0.2, 0.25) is 0 Å². The van der Waals surface area contributed by atoms with E-state index in [1.165, 1.54) is 12.1 Å². The lowest BCUT2D eigenvalue weighted by Crippen LogP contribution is -2.45. The van der Waals surface area contributed by atoms with Crippen molar-refractivity contribution in [3.8, 4) is 5.75 Å². The molecule has 4 atom stereocenters. The lowest BCUT2D eigenvalue weighted by Gasteiger charge is -2.42. The van der Waals surface area contributed by atoms with E-state index in [1.807, 2.05) is 24.3 Å². The Balaban J connectivity index is 1.33. The van der Waals surface area contributed by atoms with Crippen LogP contribution < -0.4 is 4.74 Å². The standard InChI is InChI=1S/C23H27FO4/c1-2-3-14-25-19-10-6-17(7-11-19)23-26-15-22-21(28-23)13-12-20(27-22)16-4-8-18(24)9-5-16/h4-11,20-23H,2-3,12-15H2,1H3/t20-,21+,22-,23-/m1/s1. The fourth-order valence-corrected chi connectivity index (χ4v) is 3.70. The molecule has 150 valence electrons. The van der Waals surface area contributed by atoms with Crippen molar-refractivity contribution in [3.63, 3.8) is 0 Å². The summed E-state index contributed by atoms with van der Waals surface area (Å²) in [4.78, 5) is 0. The zero-order chi connectivity index (χ0) is 19.3. The molecule has 0 radical (unpaired) electrons. The summed E-state index contributed by atoms with van der Waals surface area (Å²) in [5.74, 6) is 0.639. The van der Waals surface area contributed by atoms with Crippen LogP contribution in [0.3, 0.4) is 0 Å². The fraction of sp³-hybridized carbons (Fsp3) is 0.478. The molecule has 2 fully saturated rings. The van der Waals surface area contributed by atoms with Crippen molar-refractivity contribution >= 4 is 0 Å². The van der Waals surface area contributed by atoms with Gasteiger partial charge in [-0.1, -0.05) is 37.6 Å². The number of unbranched alkanes of at least 4 members (excludes halogenated alkanes) is 1. The van der Waals surface area contributed by atoms with E-state index in [0.29, 0.717) is 6.61 Å². The van der Waals surface area contributed by atoms with Gasteiger partial charge in [0.05, 0.1) is 25.4 Å². The zero-order valence-electron chi connectivity index (χ0n) is 16.2. The van der Waals surface area contributed by atoms with Crippen LogP contribution in [0.25, 0.3) is 0 Å². The molecule has 2 aromatic carbocycles. The number of fused-ring (bicyclic) bond motifs is 1. The first-order chi connectivity index (χ1) is 13.7. The second kappa shape index (κ2) is 9.03. The van der Waals surface area contributed by atoms with E-state index < -0.39 is 0 Å². The SMILES string of the molecule is CCCCOc1ccc([C@@H]2OC[C@H]3O[C@@H](c4ccc(F)cc4)CC[C@@H]3O2)cc1. The average Bonchev–Trinajstić information content (AvgIpc) is 2.74. The summed E-state index contributed by atoms with van der Waals surface area (Å²) in [6, 6.07) is 14.5. The van der Waals surface area contributed by atoms with Gasteiger partial charge in [-0.2, -0.15) is 0 Å². The van der Waals surface area contributed by atoms with Gasteiger partial charge in [-0.25, -0.2) is 4.39 Å². The highest BCUT2D eigenvalue weighted by atomic mass is 19.1. The molecule has 28 heavy (non-hydrogen) atoms. The molecular weight excluding hydrogens is 359 g/mol. The Hall–Kier alpha value is -1.95. The zero-order valence-corrected chi connectivity index (χ0v) is 16.2. The molecule has 2 aliphatic heterocycles. The van der Waals surface area contributed by atoms with E-state index >= 15 is 0 Å². The number of ether oxygens (including phenoxy) is 4. The summed E-state index contributed by atoms with van der Waals surface area (Å²) in [6.45, 7) is 3.37. The molecule has 2 saturated heterocycles. The van der Waals surface area contributed by atoms with Crippen molar-refractivity contribution in [3.05, 3.63) is 65.5 Å². The van der Waals surface area contributed by atoms with Gasteiger partial charge in [0.25, 0.3) is 0 Å². The Morgan fingerprint density at radius 2 is 1.68 bits per heavy atom. The molecule has 0 bridgehead atoms. The minimum atomic E-state index is -0.378. The molecule has 2 aliphatic rings.